The summed E-state index contributed by atoms with van der Waals surface area (Å²) in [5.74, 6) is 1.09. The van der Waals surface area contributed by atoms with Crippen molar-refractivity contribution in [2.24, 2.45) is 0 Å². The van der Waals surface area contributed by atoms with E-state index in [0.717, 1.165) is 34.7 Å². The number of hydrogen-bond acceptors (Lipinski definition) is 8. The molecule has 2 aromatic heterocycles. The molecule has 0 spiro atoms. The lowest BCUT2D eigenvalue weighted by atomic mass is 9.96. The molecule has 3 heterocycles. The van der Waals surface area contributed by atoms with Crippen LogP contribution in [0.4, 0.5) is 15.1 Å². The molecule has 3 aromatic carbocycles. The molecule has 252 valence electrons. The predicted octanol–water partition coefficient (Wildman–Crippen LogP) is 8.10. The standard InChI is InChI=1S/C39H40FN5O4/c1-25-15-16-31-27(23-30(46)22-26-9-5-11-28(40)21-26)10-6-13-32(31)35(25)48-36-33(14-7-18-41-36)34-17-19-42-37(44-34)43-29-12-8-20-45(24-29)38(47)49-39(2,3)4/h5-7,9-11,13-19,21,29H,8,12,20,22-24H2,1-4H3,(H,42,43,44)/t29-/m0/s1. The van der Waals surface area contributed by atoms with Gasteiger partial charge in [0.25, 0.3) is 0 Å². The van der Waals surface area contributed by atoms with E-state index in [1.807, 2.05) is 70.2 Å². The molecule has 1 aliphatic rings. The lowest BCUT2D eigenvalue weighted by molar-refractivity contribution is -0.117. The number of carbonyl (C=O) groups is 2. The van der Waals surface area contributed by atoms with Gasteiger partial charge in [0.1, 0.15) is 23.0 Å². The number of pyridine rings is 1. The summed E-state index contributed by atoms with van der Waals surface area (Å²) in [6, 6.07) is 21.4. The maximum absolute atomic E-state index is 13.7. The minimum atomic E-state index is -0.560. The van der Waals surface area contributed by atoms with Gasteiger partial charge in [-0.2, -0.15) is 0 Å². The number of aryl methyl sites for hydroxylation is 1. The second-order valence-electron chi connectivity index (χ2n) is 13.4. The van der Waals surface area contributed by atoms with E-state index >= 15 is 0 Å². The van der Waals surface area contributed by atoms with Crippen LogP contribution >= 0.6 is 0 Å². The average molecular weight is 662 g/mol. The maximum atomic E-state index is 13.7. The largest absolute Gasteiger partial charge is 0.444 e. The number of hydrogen-bond donors (Lipinski definition) is 1. The zero-order valence-electron chi connectivity index (χ0n) is 28.2. The molecular formula is C39H40FN5O4. The molecule has 1 amide bonds. The molecule has 0 radical (unpaired) electrons. The van der Waals surface area contributed by atoms with Crippen molar-refractivity contribution in [2.45, 2.75) is 65.0 Å². The third-order valence-corrected chi connectivity index (χ3v) is 8.28. The molecular weight excluding hydrogens is 621 g/mol. The highest BCUT2D eigenvalue weighted by molar-refractivity contribution is 5.95. The Morgan fingerprint density at radius 1 is 0.959 bits per heavy atom. The zero-order chi connectivity index (χ0) is 34.5. The summed E-state index contributed by atoms with van der Waals surface area (Å²) in [6.45, 7) is 8.69. The van der Waals surface area contributed by atoms with Gasteiger partial charge in [-0.1, -0.05) is 42.5 Å². The van der Waals surface area contributed by atoms with Crippen molar-refractivity contribution < 1.29 is 23.5 Å². The first-order chi connectivity index (χ1) is 23.5. The van der Waals surface area contributed by atoms with Crippen LogP contribution in [0.15, 0.2) is 85.2 Å². The summed E-state index contributed by atoms with van der Waals surface area (Å²) < 4.78 is 25.8. The van der Waals surface area contributed by atoms with Crippen molar-refractivity contribution in [1.29, 1.82) is 0 Å². The number of nitrogens with zero attached hydrogens (tertiary/aromatic N) is 4. The Bertz CT molecular complexity index is 1990. The SMILES string of the molecule is Cc1ccc2c(CC(=O)Cc3cccc(F)c3)cccc2c1Oc1ncccc1-c1ccnc(N[C@H]2CCCN(C(=O)OC(C)(C)C)C2)n1. The van der Waals surface area contributed by atoms with Crippen molar-refractivity contribution in [3.05, 3.63) is 108 Å². The van der Waals surface area contributed by atoms with Crippen LogP contribution in [0.3, 0.4) is 0 Å². The summed E-state index contributed by atoms with van der Waals surface area (Å²) in [7, 11) is 0. The van der Waals surface area contributed by atoms with Gasteiger partial charge in [0.15, 0.2) is 0 Å². The van der Waals surface area contributed by atoms with Crippen LogP contribution in [0, 0.1) is 12.7 Å². The summed E-state index contributed by atoms with van der Waals surface area (Å²) in [5.41, 5.74) is 3.17. The van der Waals surface area contributed by atoms with Gasteiger partial charge in [0.05, 0.1) is 11.3 Å². The van der Waals surface area contributed by atoms with E-state index in [1.54, 1.807) is 35.5 Å². The normalized spacial score (nSPS) is 14.8. The number of likely N-dealkylation sites (tertiary alicyclic amines) is 1. The van der Waals surface area contributed by atoms with Gasteiger partial charge in [0.2, 0.25) is 11.8 Å². The molecule has 1 saturated heterocycles. The Balaban J connectivity index is 1.22. The molecule has 1 atom stereocenters. The van der Waals surface area contributed by atoms with Crippen molar-refractivity contribution in [2.75, 3.05) is 18.4 Å². The van der Waals surface area contributed by atoms with E-state index in [1.165, 1.54) is 12.1 Å². The second kappa shape index (κ2) is 14.4. The van der Waals surface area contributed by atoms with E-state index < -0.39 is 5.60 Å². The Morgan fingerprint density at radius 2 is 1.80 bits per heavy atom. The Hall–Kier alpha value is -5.38. The Kier molecular flexibility index (Phi) is 9.85. The van der Waals surface area contributed by atoms with Crippen LogP contribution in [0.2, 0.25) is 0 Å². The van der Waals surface area contributed by atoms with E-state index in [0.29, 0.717) is 47.5 Å². The average Bonchev–Trinajstić information content (AvgIpc) is 3.06. The van der Waals surface area contributed by atoms with E-state index in [2.05, 4.69) is 15.3 Å². The molecule has 49 heavy (non-hydrogen) atoms. The van der Waals surface area contributed by atoms with Crippen LogP contribution < -0.4 is 10.1 Å². The molecule has 6 rings (SSSR count). The highest BCUT2D eigenvalue weighted by atomic mass is 19.1. The molecule has 0 aliphatic carbocycles. The van der Waals surface area contributed by atoms with Crippen molar-refractivity contribution >= 4 is 28.6 Å². The van der Waals surface area contributed by atoms with Gasteiger partial charge in [-0.25, -0.2) is 24.1 Å². The maximum Gasteiger partial charge on any atom is 0.410 e. The topological polar surface area (TPSA) is 107 Å². The smallest absolute Gasteiger partial charge is 0.410 e. The fourth-order valence-corrected chi connectivity index (χ4v) is 6.06. The third-order valence-electron chi connectivity index (χ3n) is 8.28. The van der Waals surface area contributed by atoms with E-state index in [9.17, 15) is 14.0 Å². The number of benzene rings is 3. The molecule has 1 N–H and O–H groups in total. The third kappa shape index (κ3) is 8.38. The predicted molar refractivity (Wildman–Crippen MR) is 187 cm³/mol. The van der Waals surface area contributed by atoms with Crippen LogP contribution in [-0.2, 0) is 22.4 Å². The van der Waals surface area contributed by atoms with Gasteiger partial charge in [0, 0.05) is 49.8 Å². The molecule has 0 bridgehead atoms. The second-order valence-corrected chi connectivity index (χ2v) is 13.4. The van der Waals surface area contributed by atoms with Crippen LogP contribution in [-0.4, -0.2) is 56.5 Å². The first-order valence-electron chi connectivity index (χ1n) is 16.5. The van der Waals surface area contributed by atoms with Gasteiger partial charge >= 0.3 is 6.09 Å². The fourth-order valence-electron chi connectivity index (χ4n) is 6.06. The Labute approximate surface area is 285 Å². The molecule has 0 saturated carbocycles. The lowest BCUT2D eigenvalue weighted by Gasteiger charge is -2.34. The number of fused-ring (bicyclic) bond motifs is 1. The van der Waals surface area contributed by atoms with Crippen LogP contribution in [0.5, 0.6) is 11.6 Å². The van der Waals surface area contributed by atoms with Crippen LogP contribution in [0.1, 0.15) is 50.3 Å². The first kappa shape index (κ1) is 33.5. The van der Waals surface area contributed by atoms with E-state index in [4.69, 9.17) is 14.5 Å². The van der Waals surface area contributed by atoms with Gasteiger partial charge in [-0.15, -0.1) is 0 Å². The number of amides is 1. The first-order valence-corrected chi connectivity index (χ1v) is 16.5. The van der Waals surface area contributed by atoms with Crippen LogP contribution in [0.25, 0.3) is 22.0 Å². The van der Waals surface area contributed by atoms with Crippen molar-refractivity contribution in [3.8, 4) is 22.9 Å². The summed E-state index contributed by atoms with van der Waals surface area (Å²) in [5, 5.41) is 5.15. The fraction of sp³-hybridized carbons (Fsp3) is 0.308. The molecule has 1 aliphatic heterocycles. The number of carbonyl (C=O) groups excluding carboxylic acids is 2. The number of ketones is 1. The zero-order valence-corrected chi connectivity index (χ0v) is 28.2. The number of aromatic nitrogens is 3. The molecule has 0 unspecified atom stereocenters. The number of halogens is 1. The number of anilines is 1. The number of Topliss-reactive ketones (excluding diaryl/α,β-unsaturated/α-hetero) is 1. The minimum Gasteiger partial charge on any atom is -0.444 e. The minimum absolute atomic E-state index is 0.00731. The number of ether oxygens (including phenoxy) is 2. The summed E-state index contributed by atoms with van der Waals surface area (Å²) in [6.07, 6.45) is 5.10. The van der Waals surface area contributed by atoms with Gasteiger partial charge < -0.3 is 19.7 Å². The number of piperidine rings is 1. The molecule has 10 heteroatoms. The van der Waals surface area contributed by atoms with E-state index in [-0.39, 0.29) is 36.6 Å². The number of nitrogens with one attached hydrogen (secondary N) is 1. The molecule has 1 fully saturated rings. The highest BCUT2D eigenvalue weighted by Gasteiger charge is 2.28. The summed E-state index contributed by atoms with van der Waals surface area (Å²) in [4.78, 5) is 41.3. The quantitative estimate of drug-likeness (QED) is 0.169. The van der Waals surface area contributed by atoms with Crippen molar-refractivity contribution in [1.82, 2.24) is 19.9 Å². The van der Waals surface area contributed by atoms with Crippen molar-refractivity contribution in [3.63, 3.8) is 0 Å². The number of rotatable bonds is 9. The molecule has 9 nitrogen and oxygen atoms in total. The Morgan fingerprint density at radius 3 is 2.61 bits per heavy atom. The lowest BCUT2D eigenvalue weighted by Crippen LogP contribution is -2.47. The summed E-state index contributed by atoms with van der Waals surface area (Å²) >= 11 is 0. The highest BCUT2D eigenvalue weighted by Crippen LogP contribution is 2.37. The van der Waals surface area contributed by atoms with Gasteiger partial charge in [-0.3, -0.25) is 4.79 Å². The monoisotopic (exact) mass is 661 g/mol. The molecule has 5 aromatic rings. The van der Waals surface area contributed by atoms with Gasteiger partial charge in [-0.05, 0) is 92.9 Å².